The SMILES string of the molecule is COc1ccc(C(=O)Nc2ccc3c(c2)[C@@]2(O[C@H](CCn4cc([C@H](O)c5ccccc5)nn4)[C@@H](C(C)(C)O)[C@@H]2C)C(=O)N3Cc2ccccc2)cc1. The van der Waals surface area contributed by atoms with Crippen LogP contribution in [-0.2, 0) is 28.2 Å². The van der Waals surface area contributed by atoms with Crippen molar-refractivity contribution in [3.63, 3.8) is 0 Å². The first kappa shape index (κ1) is 35.1. The first-order valence-electron chi connectivity index (χ1n) is 17.5. The summed E-state index contributed by atoms with van der Waals surface area (Å²) in [5.74, 6) is -0.785. The first-order valence-corrected chi connectivity index (χ1v) is 17.5. The minimum Gasteiger partial charge on any atom is -0.497 e. The van der Waals surface area contributed by atoms with Crippen molar-refractivity contribution in [2.24, 2.45) is 11.8 Å². The van der Waals surface area contributed by atoms with Gasteiger partial charge in [0, 0.05) is 35.2 Å². The number of carbonyl (C=O) groups is 2. The van der Waals surface area contributed by atoms with Gasteiger partial charge in [-0.1, -0.05) is 72.8 Å². The van der Waals surface area contributed by atoms with E-state index < -0.39 is 35.2 Å². The normalized spacial score (nSPS) is 21.7. The molecule has 0 aliphatic carbocycles. The lowest BCUT2D eigenvalue weighted by Gasteiger charge is -2.34. The van der Waals surface area contributed by atoms with E-state index in [0.29, 0.717) is 59.0 Å². The van der Waals surface area contributed by atoms with Gasteiger partial charge in [-0.15, -0.1) is 5.10 Å². The Kier molecular flexibility index (Phi) is 9.43. The molecule has 11 heteroatoms. The Bertz CT molecular complexity index is 2050. The van der Waals surface area contributed by atoms with Gasteiger partial charge in [0.25, 0.3) is 11.8 Å². The van der Waals surface area contributed by atoms with Crippen LogP contribution in [0.4, 0.5) is 11.4 Å². The molecule has 7 rings (SSSR count). The van der Waals surface area contributed by atoms with E-state index in [0.717, 1.165) is 5.56 Å². The van der Waals surface area contributed by atoms with E-state index in [1.54, 1.807) is 67.1 Å². The van der Waals surface area contributed by atoms with E-state index in [2.05, 4.69) is 15.6 Å². The van der Waals surface area contributed by atoms with Crippen molar-refractivity contribution in [3.05, 3.63) is 137 Å². The number of hydrogen-bond donors (Lipinski definition) is 3. The van der Waals surface area contributed by atoms with Gasteiger partial charge in [-0.25, -0.2) is 0 Å². The van der Waals surface area contributed by atoms with E-state index >= 15 is 0 Å². The van der Waals surface area contributed by atoms with E-state index in [4.69, 9.17) is 9.47 Å². The Balaban J connectivity index is 1.21. The van der Waals surface area contributed by atoms with E-state index in [1.807, 2.05) is 79.7 Å². The molecule has 0 saturated carbocycles. The minimum atomic E-state index is -1.43. The molecule has 1 saturated heterocycles. The molecular weight excluding hydrogens is 658 g/mol. The number of ether oxygens (including phenoxy) is 2. The third-order valence-electron chi connectivity index (χ3n) is 10.4. The molecule has 3 N–H and O–H groups in total. The van der Waals surface area contributed by atoms with Crippen LogP contribution >= 0.6 is 0 Å². The first-order chi connectivity index (χ1) is 25.0. The number of aryl methyl sites for hydroxylation is 1. The molecule has 0 bridgehead atoms. The summed E-state index contributed by atoms with van der Waals surface area (Å²) in [6, 6.07) is 31.3. The fourth-order valence-corrected chi connectivity index (χ4v) is 7.91. The van der Waals surface area contributed by atoms with Crippen molar-refractivity contribution in [1.29, 1.82) is 0 Å². The number of rotatable bonds is 11. The maximum absolute atomic E-state index is 14.9. The summed E-state index contributed by atoms with van der Waals surface area (Å²) in [7, 11) is 1.57. The fraction of sp³-hybridized carbons (Fsp3) is 0.317. The average Bonchev–Trinajstić information content (AvgIpc) is 3.81. The third-order valence-corrected chi connectivity index (χ3v) is 10.4. The Labute approximate surface area is 302 Å². The lowest BCUT2D eigenvalue weighted by atomic mass is 9.71. The van der Waals surface area contributed by atoms with Crippen LogP contribution in [0.25, 0.3) is 0 Å². The van der Waals surface area contributed by atoms with E-state index in [1.165, 1.54) is 0 Å². The highest BCUT2D eigenvalue weighted by molar-refractivity contribution is 6.09. The van der Waals surface area contributed by atoms with E-state index in [-0.39, 0.29) is 11.8 Å². The van der Waals surface area contributed by atoms with Crippen molar-refractivity contribution >= 4 is 23.2 Å². The molecule has 1 spiro atoms. The van der Waals surface area contributed by atoms with Gasteiger partial charge < -0.3 is 29.9 Å². The molecule has 2 aliphatic rings. The number of fused-ring (bicyclic) bond motifs is 2. The Morgan fingerprint density at radius 2 is 1.71 bits per heavy atom. The standard InChI is InChI=1S/C41H43N5O6/c1-26-36(40(2,3)50)35(21-22-45-25-33(43-44-45)37(47)28-13-9-6-10-14-28)52-41(26)32-23-30(42-38(48)29-15-18-31(51-4)19-16-29)17-20-34(32)46(39(41)49)24-27-11-7-5-8-12-27/h5-20,23,25-26,35-37,47,50H,21-22,24H2,1-4H3,(H,42,48)/t26-,35+,36-,37+,41+/m0/s1. The predicted octanol–water partition coefficient (Wildman–Crippen LogP) is 5.88. The Morgan fingerprint density at radius 1 is 1.02 bits per heavy atom. The second kappa shape index (κ2) is 14.0. The molecular formula is C41H43N5O6. The van der Waals surface area contributed by atoms with Crippen LogP contribution in [0.5, 0.6) is 5.75 Å². The number of nitrogens with zero attached hydrogens (tertiary/aromatic N) is 4. The molecule has 2 amide bonds. The van der Waals surface area contributed by atoms with Gasteiger partial charge in [0.05, 0.1) is 37.2 Å². The van der Waals surface area contributed by atoms with Crippen LogP contribution in [0.2, 0.25) is 0 Å². The number of aliphatic hydroxyl groups is 2. The van der Waals surface area contributed by atoms with Crippen molar-refractivity contribution < 1.29 is 29.3 Å². The molecule has 0 unspecified atom stereocenters. The highest BCUT2D eigenvalue weighted by Crippen LogP contribution is 2.58. The maximum atomic E-state index is 14.9. The quantitative estimate of drug-likeness (QED) is 0.155. The number of benzene rings is 4. The fourth-order valence-electron chi connectivity index (χ4n) is 7.91. The van der Waals surface area contributed by atoms with Gasteiger partial charge >= 0.3 is 0 Å². The van der Waals surface area contributed by atoms with Gasteiger partial charge in [-0.3, -0.25) is 14.3 Å². The summed E-state index contributed by atoms with van der Waals surface area (Å²) in [5.41, 5.74) is 1.74. The van der Waals surface area contributed by atoms with Crippen molar-refractivity contribution in [3.8, 4) is 5.75 Å². The smallest absolute Gasteiger partial charge is 0.264 e. The van der Waals surface area contributed by atoms with Gasteiger partial charge in [0.1, 0.15) is 17.5 Å². The summed E-state index contributed by atoms with van der Waals surface area (Å²) in [6.07, 6.45) is 0.654. The molecule has 52 heavy (non-hydrogen) atoms. The van der Waals surface area contributed by atoms with Crippen LogP contribution in [0.3, 0.4) is 0 Å². The monoisotopic (exact) mass is 701 g/mol. The van der Waals surface area contributed by atoms with Crippen molar-refractivity contribution in [2.45, 2.75) is 63.7 Å². The zero-order valence-electron chi connectivity index (χ0n) is 29.6. The zero-order chi connectivity index (χ0) is 36.6. The third kappa shape index (κ3) is 6.47. The second-order valence-corrected chi connectivity index (χ2v) is 14.2. The molecule has 268 valence electrons. The number of hydrogen-bond acceptors (Lipinski definition) is 8. The van der Waals surface area contributed by atoms with Crippen LogP contribution in [0, 0.1) is 11.8 Å². The van der Waals surface area contributed by atoms with Crippen molar-refractivity contribution in [2.75, 3.05) is 17.3 Å². The number of amides is 2. The molecule has 5 aromatic rings. The number of aromatic nitrogens is 3. The molecule has 2 aliphatic heterocycles. The van der Waals surface area contributed by atoms with Crippen LogP contribution in [-0.4, -0.2) is 55.8 Å². The summed E-state index contributed by atoms with van der Waals surface area (Å²) >= 11 is 0. The molecule has 1 aromatic heterocycles. The van der Waals surface area contributed by atoms with Gasteiger partial charge in [0.15, 0.2) is 5.60 Å². The number of aliphatic hydroxyl groups excluding tert-OH is 1. The van der Waals surface area contributed by atoms with Crippen LogP contribution in [0.1, 0.15) is 66.0 Å². The number of methoxy groups -OCH3 is 1. The highest BCUT2D eigenvalue weighted by Gasteiger charge is 2.65. The zero-order valence-corrected chi connectivity index (χ0v) is 29.6. The molecule has 5 atom stereocenters. The number of anilines is 2. The molecule has 11 nitrogen and oxygen atoms in total. The predicted molar refractivity (Wildman–Crippen MR) is 196 cm³/mol. The number of carbonyl (C=O) groups excluding carboxylic acids is 2. The van der Waals surface area contributed by atoms with Crippen LogP contribution in [0.15, 0.2) is 109 Å². The Hall–Kier alpha value is -5.36. The molecule has 1 fully saturated rings. The largest absolute Gasteiger partial charge is 0.497 e. The maximum Gasteiger partial charge on any atom is 0.264 e. The van der Waals surface area contributed by atoms with Crippen molar-refractivity contribution in [1.82, 2.24) is 15.0 Å². The molecule has 0 radical (unpaired) electrons. The number of nitrogens with one attached hydrogen (secondary N) is 1. The Morgan fingerprint density at radius 3 is 2.38 bits per heavy atom. The van der Waals surface area contributed by atoms with Gasteiger partial charge in [-0.2, -0.15) is 0 Å². The second-order valence-electron chi connectivity index (χ2n) is 14.2. The molecule has 4 aromatic carbocycles. The minimum absolute atomic E-state index is 0.219. The lowest BCUT2D eigenvalue weighted by molar-refractivity contribution is -0.146. The van der Waals surface area contributed by atoms with Gasteiger partial charge in [0.2, 0.25) is 0 Å². The topological polar surface area (TPSA) is 139 Å². The van der Waals surface area contributed by atoms with Gasteiger partial charge in [-0.05, 0) is 73.9 Å². The summed E-state index contributed by atoms with van der Waals surface area (Å²) in [4.78, 5) is 29.9. The van der Waals surface area contributed by atoms with Crippen LogP contribution < -0.4 is 15.0 Å². The van der Waals surface area contributed by atoms with E-state index in [9.17, 15) is 19.8 Å². The summed E-state index contributed by atoms with van der Waals surface area (Å²) in [6.45, 7) is 6.16. The molecule has 3 heterocycles. The summed E-state index contributed by atoms with van der Waals surface area (Å²) < 4.78 is 13.9. The lowest BCUT2D eigenvalue weighted by Crippen LogP contribution is -2.46. The highest BCUT2D eigenvalue weighted by atomic mass is 16.5. The average molecular weight is 702 g/mol. The summed E-state index contributed by atoms with van der Waals surface area (Å²) in [5, 5.41) is 34.0.